The largest absolute Gasteiger partial charge is 0.497 e. The van der Waals surface area contributed by atoms with Crippen molar-refractivity contribution in [3.63, 3.8) is 0 Å². The summed E-state index contributed by atoms with van der Waals surface area (Å²) in [4.78, 5) is 12.6. The van der Waals surface area contributed by atoms with Crippen molar-refractivity contribution in [3.05, 3.63) is 96.1 Å². The molecule has 4 aromatic carbocycles. The molecule has 0 bridgehead atoms. The van der Waals surface area contributed by atoms with Gasteiger partial charge in [-0.3, -0.25) is 4.79 Å². The second-order valence-electron chi connectivity index (χ2n) is 7.35. The van der Waals surface area contributed by atoms with Crippen molar-refractivity contribution in [2.24, 2.45) is 5.10 Å². The van der Waals surface area contributed by atoms with Crippen LogP contribution in [0, 0.1) is 0 Å². The van der Waals surface area contributed by atoms with Crippen molar-refractivity contribution in [3.8, 4) is 17.2 Å². The van der Waals surface area contributed by atoms with Gasteiger partial charge in [0.1, 0.15) is 10.6 Å². The highest BCUT2D eigenvalue weighted by atomic mass is 32.2. The maximum atomic E-state index is 12.6. The van der Waals surface area contributed by atoms with Gasteiger partial charge in [-0.25, -0.2) is 5.43 Å². The molecule has 0 unspecified atom stereocenters. The first kappa shape index (κ1) is 23.8. The van der Waals surface area contributed by atoms with Crippen LogP contribution in [0.15, 0.2) is 94.9 Å². The number of nitrogens with zero attached hydrogens (tertiary/aromatic N) is 1. The van der Waals surface area contributed by atoms with Crippen molar-refractivity contribution in [1.29, 1.82) is 0 Å². The van der Waals surface area contributed by atoms with Crippen molar-refractivity contribution in [2.45, 2.75) is 4.90 Å². The summed E-state index contributed by atoms with van der Waals surface area (Å²) in [6.07, 6.45) is 1.42. The van der Waals surface area contributed by atoms with E-state index in [1.54, 1.807) is 18.2 Å². The van der Waals surface area contributed by atoms with Crippen molar-refractivity contribution >= 4 is 33.0 Å². The number of carbonyl (C=O) groups is 1. The SMILES string of the molecule is COc1ccc(S(=O)(=O)Oc2ccc(/C=N\NC(=O)c3cccc4ccccc34)cc2OC)cc1. The fraction of sp³-hybridized carbons (Fsp3) is 0.0769. The first-order valence-corrected chi connectivity index (χ1v) is 11.9. The standard InChI is InChI=1S/C26H22N2O6S/c1-32-20-11-13-21(14-12-20)35(30,31)34-24-15-10-18(16-25(24)33-2)17-27-28-26(29)23-9-5-7-19-6-3-4-8-22(19)23/h3-17H,1-2H3,(H,28,29)/b27-17-. The minimum Gasteiger partial charge on any atom is -0.497 e. The molecule has 8 nitrogen and oxygen atoms in total. The maximum Gasteiger partial charge on any atom is 0.339 e. The minimum atomic E-state index is -4.09. The molecule has 35 heavy (non-hydrogen) atoms. The van der Waals surface area contributed by atoms with Gasteiger partial charge in [-0.1, -0.05) is 36.4 Å². The molecule has 1 amide bonds. The fourth-order valence-corrected chi connectivity index (χ4v) is 4.33. The molecule has 4 rings (SSSR count). The zero-order valence-corrected chi connectivity index (χ0v) is 19.8. The lowest BCUT2D eigenvalue weighted by molar-refractivity contribution is 0.0956. The lowest BCUT2D eigenvalue weighted by atomic mass is 10.0. The van der Waals surface area contributed by atoms with Crippen LogP contribution in [-0.4, -0.2) is 34.8 Å². The van der Waals surface area contributed by atoms with Crippen LogP contribution < -0.4 is 19.1 Å². The van der Waals surface area contributed by atoms with Crippen LogP contribution in [0.4, 0.5) is 0 Å². The van der Waals surface area contributed by atoms with E-state index in [2.05, 4.69) is 10.5 Å². The second-order valence-corrected chi connectivity index (χ2v) is 8.90. The number of amides is 1. The van der Waals surface area contributed by atoms with Crippen molar-refractivity contribution < 1.29 is 26.9 Å². The first-order valence-electron chi connectivity index (χ1n) is 10.5. The number of benzene rings is 4. The Balaban J connectivity index is 1.48. The summed E-state index contributed by atoms with van der Waals surface area (Å²) in [6.45, 7) is 0. The second kappa shape index (κ2) is 10.3. The minimum absolute atomic E-state index is 0.0141. The Morgan fingerprint density at radius 2 is 1.60 bits per heavy atom. The van der Waals surface area contributed by atoms with Crippen molar-refractivity contribution in [1.82, 2.24) is 5.43 Å². The van der Waals surface area contributed by atoms with Gasteiger partial charge < -0.3 is 13.7 Å². The molecule has 0 saturated heterocycles. The topological polar surface area (TPSA) is 103 Å². The Labute approximate surface area is 202 Å². The van der Waals surface area contributed by atoms with E-state index < -0.39 is 10.1 Å². The van der Waals surface area contributed by atoms with E-state index in [-0.39, 0.29) is 22.3 Å². The molecule has 4 aromatic rings. The summed E-state index contributed by atoms with van der Waals surface area (Å²) < 4.78 is 40.9. The highest BCUT2D eigenvalue weighted by Gasteiger charge is 2.19. The monoisotopic (exact) mass is 490 g/mol. The summed E-state index contributed by atoms with van der Waals surface area (Å²) in [5, 5.41) is 5.79. The predicted octanol–water partition coefficient (Wildman–Crippen LogP) is 4.39. The van der Waals surface area contributed by atoms with E-state index in [1.165, 1.54) is 50.8 Å². The van der Waals surface area contributed by atoms with E-state index in [4.69, 9.17) is 13.7 Å². The summed E-state index contributed by atoms with van der Waals surface area (Å²) in [5.41, 5.74) is 3.58. The number of hydrogen-bond donors (Lipinski definition) is 1. The molecule has 178 valence electrons. The highest BCUT2D eigenvalue weighted by molar-refractivity contribution is 7.87. The zero-order valence-electron chi connectivity index (χ0n) is 19.0. The number of methoxy groups -OCH3 is 2. The molecule has 0 spiro atoms. The van der Waals surface area contributed by atoms with Crippen LogP contribution in [0.3, 0.4) is 0 Å². The summed E-state index contributed by atoms with van der Waals surface area (Å²) in [5.74, 6) is 0.375. The third-order valence-corrected chi connectivity index (χ3v) is 6.40. The van der Waals surface area contributed by atoms with E-state index >= 15 is 0 Å². The Morgan fingerprint density at radius 1 is 0.857 bits per heavy atom. The molecule has 0 atom stereocenters. The summed E-state index contributed by atoms with van der Waals surface area (Å²) >= 11 is 0. The van der Waals surface area contributed by atoms with Gasteiger partial charge in [0.2, 0.25) is 0 Å². The molecular formula is C26H22N2O6S. The van der Waals surface area contributed by atoms with Crippen LogP contribution in [-0.2, 0) is 10.1 Å². The third kappa shape index (κ3) is 5.42. The van der Waals surface area contributed by atoms with E-state index in [1.807, 2.05) is 36.4 Å². The van der Waals surface area contributed by atoms with Crippen LogP contribution in [0.2, 0.25) is 0 Å². The molecular weight excluding hydrogens is 468 g/mol. The number of hydrazone groups is 1. The number of ether oxygens (including phenoxy) is 2. The average molecular weight is 491 g/mol. The molecule has 0 aliphatic heterocycles. The Morgan fingerprint density at radius 3 is 2.34 bits per heavy atom. The Bertz CT molecular complexity index is 1490. The van der Waals surface area contributed by atoms with Gasteiger partial charge in [0.25, 0.3) is 5.91 Å². The first-order chi connectivity index (χ1) is 16.9. The number of carbonyl (C=O) groups excluding carboxylic acids is 1. The molecule has 9 heteroatoms. The van der Waals surface area contributed by atoms with Gasteiger partial charge in [0.15, 0.2) is 11.5 Å². The third-order valence-electron chi connectivity index (χ3n) is 5.15. The molecule has 1 N–H and O–H groups in total. The van der Waals surface area contributed by atoms with Crippen molar-refractivity contribution in [2.75, 3.05) is 14.2 Å². The highest BCUT2D eigenvalue weighted by Crippen LogP contribution is 2.31. The Hall–Kier alpha value is -4.37. The van der Waals surface area contributed by atoms with Crippen LogP contribution >= 0.6 is 0 Å². The number of nitrogens with one attached hydrogen (secondary N) is 1. The van der Waals surface area contributed by atoms with Gasteiger partial charge in [-0.2, -0.15) is 13.5 Å². The smallest absolute Gasteiger partial charge is 0.339 e. The van der Waals surface area contributed by atoms with Crippen LogP contribution in [0.5, 0.6) is 17.2 Å². The lowest BCUT2D eigenvalue weighted by Crippen LogP contribution is -2.17. The Kier molecular flexibility index (Phi) is 6.98. The van der Waals surface area contributed by atoms with Gasteiger partial charge in [-0.05, 0) is 64.9 Å². The number of fused-ring (bicyclic) bond motifs is 1. The van der Waals surface area contributed by atoms with E-state index in [0.717, 1.165) is 10.8 Å². The van der Waals surface area contributed by atoms with E-state index in [0.29, 0.717) is 16.9 Å². The predicted molar refractivity (Wildman–Crippen MR) is 133 cm³/mol. The molecule has 0 aliphatic rings. The molecule has 0 aliphatic carbocycles. The van der Waals surface area contributed by atoms with Crippen LogP contribution in [0.1, 0.15) is 15.9 Å². The summed E-state index contributed by atoms with van der Waals surface area (Å²) in [6, 6.07) is 23.5. The van der Waals surface area contributed by atoms with Crippen LogP contribution in [0.25, 0.3) is 10.8 Å². The molecule has 0 fully saturated rings. The summed E-state index contributed by atoms with van der Waals surface area (Å²) in [7, 11) is -1.20. The fourth-order valence-electron chi connectivity index (χ4n) is 3.39. The lowest BCUT2D eigenvalue weighted by Gasteiger charge is -2.11. The van der Waals surface area contributed by atoms with Gasteiger partial charge >= 0.3 is 10.1 Å². The molecule has 0 radical (unpaired) electrons. The maximum absolute atomic E-state index is 12.6. The molecule has 0 saturated carbocycles. The number of rotatable bonds is 8. The van der Waals surface area contributed by atoms with Gasteiger partial charge in [0.05, 0.1) is 20.4 Å². The molecule has 0 heterocycles. The number of hydrogen-bond acceptors (Lipinski definition) is 7. The van der Waals surface area contributed by atoms with Gasteiger partial charge in [-0.15, -0.1) is 0 Å². The van der Waals surface area contributed by atoms with Gasteiger partial charge in [0, 0.05) is 5.56 Å². The average Bonchev–Trinajstić information content (AvgIpc) is 2.88. The molecule has 0 aromatic heterocycles. The normalized spacial score (nSPS) is 11.4. The quantitative estimate of drug-likeness (QED) is 0.223. The zero-order chi connectivity index (χ0) is 24.8. The van der Waals surface area contributed by atoms with E-state index in [9.17, 15) is 13.2 Å².